The molecule has 0 amide bonds. The van der Waals surface area contributed by atoms with Crippen molar-refractivity contribution in [2.45, 2.75) is 45.4 Å². The van der Waals surface area contributed by atoms with Gasteiger partial charge < -0.3 is 10.1 Å². The van der Waals surface area contributed by atoms with E-state index in [9.17, 15) is 0 Å². The Morgan fingerprint density at radius 3 is 2.61 bits per heavy atom. The second kappa shape index (κ2) is 6.24. The van der Waals surface area contributed by atoms with Crippen LogP contribution in [-0.2, 0) is 0 Å². The van der Waals surface area contributed by atoms with Crippen LogP contribution >= 0.6 is 0 Å². The Kier molecular flexibility index (Phi) is 4.65. The minimum Gasteiger partial charge on any atom is -0.494 e. The maximum Gasteiger partial charge on any atom is 0.123 e. The van der Waals surface area contributed by atoms with E-state index in [1.165, 1.54) is 24.0 Å². The van der Waals surface area contributed by atoms with Gasteiger partial charge in [0.25, 0.3) is 0 Å². The number of benzene rings is 1. The zero-order chi connectivity index (χ0) is 13.0. The van der Waals surface area contributed by atoms with Crippen molar-refractivity contribution in [3.63, 3.8) is 0 Å². The van der Waals surface area contributed by atoms with E-state index in [0.717, 1.165) is 25.4 Å². The third kappa shape index (κ3) is 3.05. The topological polar surface area (TPSA) is 21.3 Å². The summed E-state index contributed by atoms with van der Waals surface area (Å²) in [6.45, 7) is 9.53. The highest BCUT2D eigenvalue weighted by Crippen LogP contribution is 2.34. The first-order chi connectivity index (χ1) is 8.72. The van der Waals surface area contributed by atoms with Crippen LogP contribution in [-0.4, -0.2) is 19.7 Å². The Bertz CT molecular complexity index is 381. The van der Waals surface area contributed by atoms with Gasteiger partial charge in [-0.1, -0.05) is 26.0 Å². The van der Waals surface area contributed by atoms with E-state index in [0.29, 0.717) is 11.8 Å². The summed E-state index contributed by atoms with van der Waals surface area (Å²) in [5.74, 6) is 2.33. The summed E-state index contributed by atoms with van der Waals surface area (Å²) in [7, 11) is 0. The monoisotopic (exact) mass is 247 g/mol. The van der Waals surface area contributed by atoms with Crippen molar-refractivity contribution in [3.8, 4) is 5.75 Å². The lowest BCUT2D eigenvalue weighted by atomic mass is 9.88. The van der Waals surface area contributed by atoms with Gasteiger partial charge in [-0.25, -0.2) is 0 Å². The molecule has 2 rings (SSSR count). The average Bonchev–Trinajstić information content (AvgIpc) is 2.40. The molecule has 0 bridgehead atoms. The van der Waals surface area contributed by atoms with E-state index in [2.05, 4.69) is 44.3 Å². The lowest BCUT2D eigenvalue weighted by Gasteiger charge is -2.25. The Labute approximate surface area is 111 Å². The first-order valence-electron chi connectivity index (χ1n) is 7.19. The first kappa shape index (κ1) is 13.4. The fraction of sp³-hybridized carbons (Fsp3) is 0.625. The average molecular weight is 247 g/mol. The SMILES string of the molecule is CCOc1cc(C(C)C)ccc1C1CCNCC1. The molecular weight excluding hydrogens is 222 g/mol. The zero-order valence-electron chi connectivity index (χ0n) is 11.8. The van der Waals surface area contributed by atoms with E-state index in [1.54, 1.807) is 0 Å². The zero-order valence-corrected chi connectivity index (χ0v) is 11.8. The van der Waals surface area contributed by atoms with Crippen LogP contribution in [0.4, 0.5) is 0 Å². The minimum atomic E-state index is 0.561. The predicted molar refractivity (Wildman–Crippen MR) is 76.5 cm³/mol. The highest BCUT2D eigenvalue weighted by Gasteiger charge is 2.19. The molecule has 0 unspecified atom stereocenters. The number of ether oxygens (including phenoxy) is 1. The second-order valence-electron chi connectivity index (χ2n) is 5.41. The standard InChI is InChI=1S/C16H25NO/c1-4-18-16-11-14(12(2)3)5-6-15(16)13-7-9-17-10-8-13/h5-6,11-13,17H,4,7-10H2,1-3H3. The summed E-state index contributed by atoms with van der Waals surface area (Å²) in [6.07, 6.45) is 2.45. The number of piperidine rings is 1. The third-order valence-corrected chi connectivity index (χ3v) is 3.78. The molecule has 0 radical (unpaired) electrons. The maximum atomic E-state index is 5.86. The van der Waals surface area contributed by atoms with Crippen LogP contribution in [0.5, 0.6) is 5.75 Å². The molecule has 1 aliphatic heterocycles. The summed E-state index contributed by atoms with van der Waals surface area (Å²) >= 11 is 0. The Morgan fingerprint density at radius 1 is 1.28 bits per heavy atom. The van der Waals surface area contributed by atoms with E-state index in [-0.39, 0.29) is 0 Å². The molecule has 0 spiro atoms. The molecule has 1 N–H and O–H groups in total. The first-order valence-corrected chi connectivity index (χ1v) is 7.19. The van der Waals surface area contributed by atoms with Crippen molar-refractivity contribution in [3.05, 3.63) is 29.3 Å². The van der Waals surface area contributed by atoms with E-state index >= 15 is 0 Å². The molecule has 1 aromatic rings. The highest BCUT2D eigenvalue weighted by molar-refractivity contribution is 5.41. The smallest absolute Gasteiger partial charge is 0.123 e. The summed E-state index contributed by atoms with van der Waals surface area (Å²) in [5, 5.41) is 3.42. The number of hydrogen-bond donors (Lipinski definition) is 1. The Balaban J connectivity index is 2.27. The van der Waals surface area contributed by atoms with Crippen LogP contribution in [0.3, 0.4) is 0 Å². The van der Waals surface area contributed by atoms with Gasteiger partial charge in [0, 0.05) is 0 Å². The normalized spacial score (nSPS) is 17.1. The lowest BCUT2D eigenvalue weighted by Crippen LogP contribution is -2.26. The van der Waals surface area contributed by atoms with Crippen molar-refractivity contribution < 1.29 is 4.74 Å². The summed E-state index contributed by atoms with van der Waals surface area (Å²) in [5.41, 5.74) is 2.78. The third-order valence-electron chi connectivity index (χ3n) is 3.78. The summed E-state index contributed by atoms with van der Waals surface area (Å²) in [6, 6.07) is 6.80. The van der Waals surface area contributed by atoms with Gasteiger partial charge in [0.05, 0.1) is 6.61 Å². The van der Waals surface area contributed by atoms with E-state index in [1.807, 2.05) is 0 Å². The molecule has 100 valence electrons. The van der Waals surface area contributed by atoms with Gasteiger partial charge in [-0.05, 0) is 61.9 Å². The molecule has 2 heteroatoms. The predicted octanol–water partition coefficient (Wildman–Crippen LogP) is 3.68. The molecule has 2 nitrogen and oxygen atoms in total. The Hall–Kier alpha value is -1.02. The molecule has 1 saturated heterocycles. The van der Waals surface area contributed by atoms with E-state index in [4.69, 9.17) is 4.74 Å². The van der Waals surface area contributed by atoms with Crippen LogP contribution in [0.15, 0.2) is 18.2 Å². The van der Waals surface area contributed by atoms with Crippen LogP contribution in [0.25, 0.3) is 0 Å². The van der Waals surface area contributed by atoms with Crippen LogP contribution in [0.2, 0.25) is 0 Å². The fourth-order valence-corrected chi connectivity index (χ4v) is 2.66. The van der Waals surface area contributed by atoms with Crippen molar-refractivity contribution in [2.75, 3.05) is 19.7 Å². The van der Waals surface area contributed by atoms with Crippen molar-refractivity contribution >= 4 is 0 Å². The fourth-order valence-electron chi connectivity index (χ4n) is 2.66. The van der Waals surface area contributed by atoms with Crippen molar-refractivity contribution in [1.29, 1.82) is 0 Å². The molecule has 1 aliphatic rings. The highest BCUT2D eigenvalue weighted by atomic mass is 16.5. The van der Waals surface area contributed by atoms with Gasteiger partial charge in [-0.15, -0.1) is 0 Å². The molecule has 18 heavy (non-hydrogen) atoms. The molecule has 0 atom stereocenters. The Morgan fingerprint density at radius 2 is 2.00 bits per heavy atom. The van der Waals surface area contributed by atoms with Crippen LogP contribution < -0.4 is 10.1 Å². The van der Waals surface area contributed by atoms with E-state index < -0.39 is 0 Å². The quantitative estimate of drug-likeness (QED) is 0.876. The number of nitrogens with one attached hydrogen (secondary N) is 1. The molecule has 1 heterocycles. The summed E-state index contributed by atoms with van der Waals surface area (Å²) < 4.78 is 5.86. The van der Waals surface area contributed by atoms with Gasteiger partial charge in [-0.3, -0.25) is 0 Å². The molecule has 0 aromatic heterocycles. The van der Waals surface area contributed by atoms with Crippen LogP contribution in [0, 0.1) is 0 Å². The molecular formula is C16H25NO. The van der Waals surface area contributed by atoms with Gasteiger partial charge in [0.15, 0.2) is 0 Å². The van der Waals surface area contributed by atoms with Gasteiger partial charge in [-0.2, -0.15) is 0 Å². The maximum absolute atomic E-state index is 5.86. The van der Waals surface area contributed by atoms with Crippen LogP contribution in [0.1, 0.15) is 56.6 Å². The van der Waals surface area contributed by atoms with Crippen molar-refractivity contribution in [2.24, 2.45) is 0 Å². The molecule has 0 saturated carbocycles. The van der Waals surface area contributed by atoms with Gasteiger partial charge >= 0.3 is 0 Å². The molecule has 0 aliphatic carbocycles. The molecule has 1 fully saturated rings. The molecule has 1 aromatic carbocycles. The summed E-state index contributed by atoms with van der Waals surface area (Å²) in [4.78, 5) is 0. The van der Waals surface area contributed by atoms with Crippen molar-refractivity contribution in [1.82, 2.24) is 5.32 Å². The lowest BCUT2D eigenvalue weighted by molar-refractivity contribution is 0.329. The van der Waals surface area contributed by atoms with Gasteiger partial charge in [0.2, 0.25) is 0 Å². The number of hydrogen-bond acceptors (Lipinski definition) is 2. The number of rotatable bonds is 4. The van der Waals surface area contributed by atoms with Gasteiger partial charge in [0.1, 0.15) is 5.75 Å². The minimum absolute atomic E-state index is 0.561. The largest absolute Gasteiger partial charge is 0.494 e. The second-order valence-corrected chi connectivity index (χ2v) is 5.41.